The van der Waals surface area contributed by atoms with Crippen LogP contribution in [0.4, 0.5) is 0 Å². The van der Waals surface area contributed by atoms with E-state index < -0.39 is 11.4 Å². The number of carboxylic acid groups (broad SMARTS) is 1. The Morgan fingerprint density at radius 1 is 1.21 bits per heavy atom. The normalized spacial score (nSPS) is 16.1. The van der Waals surface area contributed by atoms with Gasteiger partial charge in [0.15, 0.2) is 0 Å². The third kappa shape index (κ3) is 3.20. The van der Waals surface area contributed by atoms with Crippen molar-refractivity contribution in [1.29, 1.82) is 0 Å². The number of aryl methyl sites for hydroxylation is 1. The summed E-state index contributed by atoms with van der Waals surface area (Å²) in [5.74, 6) is 0.0605. The molecule has 0 bridgehead atoms. The molecule has 2 aromatic carbocycles. The predicted molar refractivity (Wildman–Crippen MR) is 97.4 cm³/mol. The molecule has 3 nitrogen and oxygen atoms in total. The SMILES string of the molecule is Cc1cc(C2(C(=O)O)CCCC2)cc(Br)c1OCc1ccccc1. The molecule has 1 fully saturated rings. The highest BCUT2D eigenvalue weighted by Gasteiger charge is 2.43. The molecule has 2 aromatic rings. The van der Waals surface area contributed by atoms with Crippen LogP contribution in [0, 0.1) is 6.92 Å². The summed E-state index contributed by atoms with van der Waals surface area (Å²) >= 11 is 3.57. The number of benzene rings is 2. The topological polar surface area (TPSA) is 46.5 Å². The molecule has 1 aliphatic carbocycles. The Morgan fingerprint density at radius 3 is 2.46 bits per heavy atom. The van der Waals surface area contributed by atoms with Crippen molar-refractivity contribution in [1.82, 2.24) is 0 Å². The summed E-state index contributed by atoms with van der Waals surface area (Å²) in [6, 6.07) is 13.9. The van der Waals surface area contributed by atoms with Gasteiger partial charge >= 0.3 is 5.97 Å². The molecule has 0 aromatic heterocycles. The summed E-state index contributed by atoms with van der Waals surface area (Å²) in [4.78, 5) is 11.9. The van der Waals surface area contributed by atoms with Gasteiger partial charge in [0.25, 0.3) is 0 Å². The first-order valence-corrected chi connectivity index (χ1v) is 9.03. The van der Waals surface area contributed by atoms with E-state index in [2.05, 4.69) is 15.9 Å². The summed E-state index contributed by atoms with van der Waals surface area (Å²) < 4.78 is 6.79. The number of aliphatic carboxylic acids is 1. The van der Waals surface area contributed by atoms with E-state index in [1.807, 2.05) is 49.4 Å². The average Bonchev–Trinajstić information content (AvgIpc) is 3.06. The lowest BCUT2D eigenvalue weighted by Crippen LogP contribution is -2.32. The van der Waals surface area contributed by atoms with E-state index >= 15 is 0 Å². The highest BCUT2D eigenvalue weighted by atomic mass is 79.9. The minimum atomic E-state index is -0.745. The molecule has 0 saturated heterocycles. The Labute approximate surface area is 150 Å². The van der Waals surface area contributed by atoms with E-state index in [4.69, 9.17) is 4.74 Å². The van der Waals surface area contributed by atoms with Crippen LogP contribution in [0.25, 0.3) is 0 Å². The number of hydrogen-bond donors (Lipinski definition) is 1. The molecule has 0 unspecified atom stereocenters. The van der Waals surface area contributed by atoms with E-state index in [0.717, 1.165) is 39.8 Å². The standard InChI is InChI=1S/C20H21BrO3/c1-14-11-16(20(19(22)23)9-5-6-10-20)12-17(21)18(14)24-13-15-7-3-2-4-8-15/h2-4,7-8,11-12H,5-6,9-10,13H2,1H3,(H,22,23). The van der Waals surface area contributed by atoms with Crippen LogP contribution in [0.5, 0.6) is 5.75 Å². The summed E-state index contributed by atoms with van der Waals surface area (Å²) in [5, 5.41) is 9.77. The second-order valence-corrected chi connectivity index (χ2v) is 7.33. The van der Waals surface area contributed by atoms with Crippen LogP contribution < -0.4 is 4.74 Å². The van der Waals surface area contributed by atoms with Crippen LogP contribution in [0.2, 0.25) is 0 Å². The van der Waals surface area contributed by atoms with Crippen LogP contribution in [0.3, 0.4) is 0 Å². The highest BCUT2D eigenvalue weighted by Crippen LogP contribution is 2.44. The summed E-state index contributed by atoms with van der Waals surface area (Å²) in [7, 11) is 0. The van der Waals surface area contributed by atoms with Crippen molar-refractivity contribution < 1.29 is 14.6 Å². The maximum Gasteiger partial charge on any atom is 0.314 e. The van der Waals surface area contributed by atoms with Gasteiger partial charge in [0.05, 0.1) is 9.89 Å². The fourth-order valence-corrected chi connectivity index (χ4v) is 4.20. The Hall–Kier alpha value is -1.81. The van der Waals surface area contributed by atoms with Crippen molar-refractivity contribution in [2.45, 2.75) is 44.6 Å². The quantitative estimate of drug-likeness (QED) is 0.762. The number of ether oxygens (including phenoxy) is 1. The zero-order valence-corrected chi connectivity index (χ0v) is 15.3. The lowest BCUT2D eigenvalue weighted by atomic mass is 9.78. The van der Waals surface area contributed by atoms with E-state index in [1.165, 1.54) is 0 Å². The van der Waals surface area contributed by atoms with Crippen LogP contribution in [0.15, 0.2) is 46.9 Å². The van der Waals surface area contributed by atoms with E-state index in [9.17, 15) is 9.90 Å². The molecule has 0 atom stereocenters. The van der Waals surface area contributed by atoms with Crippen LogP contribution in [-0.4, -0.2) is 11.1 Å². The first kappa shape index (κ1) is 17.0. The number of carboxylic acids is 1. The van der Waals surface area contributed by atoms with Crippen LogP contribution in [-0.2, 0) is 16.8 Å². The van der Waals surface area contributed by atoms with Crippen LogP contribution >= 0.6 is 15.9 Å². The minimum Gasteiger partial charge on any atom is -0.487 e. The van der Waals surface area contributed by atoms with Crippen molar-refractivity contribution in [2.24, 2.45) is 0 Å². The fraction of sp³-hybridized carbons (Fsp3) is 0.350. The summed E-state index contributed by atoms with van der Waals surface area (Å²) in [5.41, 5.74) is 2.20. The van der Waals surface area contributed by atoms with E-state index in [0.29, 0.717) is 19.4 Å². The number of rotatable bonds is 5. The van der Waals surface area contributed by atoms with Gasteiger partial charge in [-0.15, -0.1) is 0 Å². The van der Waals surface area contributed by atoms with Gasteiger partial charge in [-0.05, 0) is 58.5 Å². The molecule has 24 heavy (non-hydrogen) atoms. The Balaban J connectivity index is 1.87. The molecule has 1 aliphatic rings. The molecule has 4 heteroatoms. The zero-order valence-electron chi connectivity index (χ0n) is 13.7. The second kappa shape index (κ2) is 6.98. The van der Waals surface area contributed by atoms with Crippen molar-refractivity contribution >= 4 is 21.9 Å². The molecule has 126 valence electrons. The summed E-state index contributed by atoms with van der Waals surface area (Å²) in [6.45, 7) is 2.46. The van der Waals surface area contributed by atoms with Gasteiger partial charge < -0.3 is 9.84 Å². The Bertz CT molecular complexity index is 711. The second-order valence-electron chi connectivity index (χ2n) is 6.47. The molecule has 0 heterocycles. The maximum absolute atomic E-state index is 11.9. The van der Waals surface area contributed by atoms with Crippen molar-refractivity contribution in [2.75, 3.05) is 0 Å². The molecular weight excluding hydrogens is 368 g/mol. The van der Waals surface area contributed by atoms with Gasteiger partial charge in [-0.1, -0.05) is 49.2 Å². The lowest BCUT2D eigenvalue weighted by Gasteiger charge is -2.26. The smallest absolute Gasteiger partial charge is 0.314 e. The van der Waals surface area contributed by atoms with Crippen molar-refractivity contribution in [3.8, 4) is 5.75 Å². The van der Waals surface area contributed by atoms with Crippen molar-refractivity contribution in [3.63, 3.8) is 0 Å². The molecule has 0 aliphatic heterocycles. The van der Waals surface area contributed by atoms with E-state index in [1.54, 1.807) is 0 Å². The van der Waals surface area contributed by atoms with Gasteiger partial charge in [-0.25, -0.2) is 0 Å². The zero-order chi connectivity index (χ0) is 17.2. The van der Waals surface area contributed by atoms with E-state index in [-0.39, 0.29) is 0 Å². The highest BCUT2D eigenvalue weighted by molar-refractivity contribution is 9.10. The van der Waals surface area contributed by atoms with Gasteiger partial charge in [0.2, 0.25) is 0 Å². The first-order valence-electron chi connectivity index (χ1n) is 8.24. The molecule has 1 saturated carbocycles. The third-order valence-corrected chi connectivity index (χ3v) is 5.46. The number of hydrogen-bond acceptors (Lipinski definition) is 2. The minimum absolute atomic E-state index is 0.490. The van der Waals surface area contributed by atoms with Gasteiger partial charge in [-0.3, -0.25) is 4.79 Å². The number of carbonyl (C=O) groups is 1. The summed E-state index contributed by atoms with van der Waals surface area (Å²) in [6.07, 6.45) is 3.35. The van der Waals surface area contributed by atoms with Crippen molar-refractivity contribution in [3.05, 3.63) is 63.6 Å². The molecular formula is C20H21BrO3. The largest absolute Gasteiger partial charge is 0.487 e. The van der Waals surface area contributed by atoms with Crippen LogP contribution in [0.1, 0.15) is 42.4 Å². The van der Waals surface area contributed by atoms with Gasteiger partial charge in [0, 0.05) is 0 Å². The lowest BCUT2D eigenvalue weighted by molar-refractivity contribution is -0.143. The van der Waals surface area contributed by atoms with Gasteiger partial charge in [-0.2, -0.15) is 0 Å². The van der Waals surface area contributed by atoms with Gasteiger partial charge in [0.1, 0.15) is 12.4 Å². The molecule has 0 radical (unpaired) electrons. The predicted octanol–water partition coefficient (Wildman–Crippen LogP) is 5.23. The molecule has 0 spiro atoms. The Kier molecular flexibility index (Phi) is 4.95. The molecule has 1 N–H and O–H groups in total. The maximum atomic E-state index is 11.9. The molecule has 3 rings (SSSR count). The Morgan fingerprint density at radius 2 is 1.88 bits per heavy atom. The average molecular weight is 389 g/mol. The monoisotopic (exact) mass is 388 g/mol. The number of halogens is 1. The first-order chi connectivity index (χ1) is 11.5. The molecule has 0 amide bonds. The third-order valence-electron chi connectivity index (χ3n) is 4.87. The fourth-order valence-electron chi connectivity index (χ4n) is 3.52.